The highest BCUT2D eigenvalue weighted by Crippen LogP contribution is 2.29. The number of carbonyl (C=O) groups excluding carboxylic acids is 1. The predicted octanol–water partition coefficient (Wildman–Crippen LogP) is 5.52. The van der Waals surface area contributed by atoms with Crippen molar-refractivity contribution in [2.45, 2.75) is 83.3 Å². The van der Waals surface area contributed by atoms with Gasteiger partial charge in [0.2, 0.25) is 0 Å². The van der Waals surface area contributed by atoms with Gasteiger partial charge in [-0.05, 0) is 44.9 Å². The van der Waals surface area contributed by atoms with Crippen molar-refractivity contribution < 1.29 is 14.3 Å². The third kappa shape index (κ3) is 11.2. The van der Waals surface area contributed by atoms with Gasteiger partial charge in [0.25, 0.3) is 0 Å². The zero-order valence-corrected chi connectivity index (χ0v) is 15.4. The topological polar surface area (TPSA) is 38.8 Å². The Labute approximate surface area is 147 Å². The van der Waals surface area contributed by atoms with Crippen LogP contribution in [0.2, 0.25) is 0 Å². The zero-order chi connectivity index (χ0) is 17.5. The molecule has 3 nitrogen and oxygen atoms in total. The highest BCUT2D eigenvalue weighted by Gasteiger charge is 2.35. The highest BCUT2D eigenvalue weighted by atomic mass is 16.6. The quantitative estimate of drug-likeness (QED) is 0.182. The van der Waals surface area contributed by atoms with Crippen LogP contribution >= 0.6 is 0 Å². The molecular formula is C21H34O3. The Bertz CT molecular complexity index is 409. The highest BCUT2D eigenvalue weighted by molar-refractivity contribution is 5.69. The molecule has 0 radical (unpaired) electrons. The molecule has 0 amide bonds. The SMILES string of the molecule is CCCCC/C=C/C/C=C\C[C@@H]1O[C@@H]1C/C=C\CCCC(=O)OC. The van der Waals surface area contributed by atoms with Crippen LogP contribution in [0.3, 0.4) is 0 Å². The molecule has 1 aliphatic rings. The van der Waals surface area contributed by atoms with Gasteiger partial charge in [-0.1, -0.05) is 56.2 Å². The number of carbonyl (C=O) groups is 1. The molecule has 2 atom stereocenters. The van der Waals surface area contributed by atoms with Gasteiger partial charge in [0, 0.05) is 6.42 Å². The molecule has 0 saturated carbocycles. The number of hydrogen-bond acceptors (Lipinski definition) is 3. The molecule has 0 N–H and O–H groups in total. The third-order valence-electron chi connectivity index (χ3n) is 4.15. The summed E-state index contributed by atoms with van der Waals surface area (Å²) in [6, 6.07) is 0. The summed E-state index contributed by atoms with van der Waals surface area (Å²) in [5, 5.41) is 0. The Balaban J connectivity index is 1.93. The zero-order valence-electron chi connectivity index (χ0n) is 15.4. The van der Waals surface area contributed by atoms with E-state index in [-0.39, 0.29) is 5.97 Å². The lowest BCUT2D eigenvalue weighted by molar-refractivity contribution is -0.140. The third-order valence-corrected chi connectivity index (χ3v) is 4.15. The van der Waals surface area contributed by atoms with Crippen LogP contribution in [0.15, 0.2) is 36.5 Å². The van der Waals surface area contributed by atoms with Crippen LogP contribution in [-0.2, 0) is 14.3 Å². The van der Waals surface area contributed by atoms with Crippen LogP contribution < -0.4 is 0 Å². The smallest absolute Gasteiger partial charge is 0.305 e. The molecule has 24 heavy (non-hydrogen) atoms. The van der Waals surface area contributed by atoms with Crippen molar-refractivity contribution in [3.05, 3.63) is 36.5 Å². The van der Waals surface area contributed by atoms with Crippen molar-refractivity contribution in [2.24, 2.45) is 0 Å². The maximum Gasteiger partial charge on any atom is 0.305 e. The average molecular weight is 335 g/mol. The van der Waals surface area contributed by atoms with Crippen LogP contribution in [0.5, 0.6) is 0 Å². The Hall–Kier alpha value is -1.35. The minimum absolute atomic E-state index is 0.128. The number of hydrogen-bond donors (Lipinski definition) is 0. The molecule has 0 aromatic carbocycles. The van der Waals surface area contributed by atoms with E-state index in [1.165, 1.54) is 32.8 Å². The number of esters is 1. The molecule has 1 heterocycles. The number of ether oxygens (including phenoxy) is 2. The summed E-state index contributed by atoms with van der Waals surface area (Å²) in [6.07, 6.45) is 24.6. The van der Waals surface area contributed by atoms with Crippen LogP contribution in [-0.4, -0.2) is 25.3 Å². The molecule has 0 aromatic rings. The van der Waals surface area contributed by atoms with E-state index in [0.717, 1.165) is 32.1 Å². The Morgan fingerprint density at radius 2 is 1.54 bits per heavy atom. The summed E-state index contributed by atoms with van der Waals surface area (Å²) >= 11 is 0. The average Bonchev–Trinajstić information content (AvgIpc) is 3.34. The van der Waals surface area contributed by atoms with Crippen molar-refractivity contribution in [3.63, 3.8) is 0 Å². The second-order valence-corrected chi connectivity index (χ2v) is 6.30. The lowest BCUT2D eigenvalue weighted by atomic mass is 10.1. The standard InChI is InChI=1S/C21H34O3/c1-3-4-5-6-7-8-9-10-13-16-19-20(24-19)17-14-11-12-15-18-21(22)23-2/h7-8,10-11,13-14,19-20H,3-6,9,12,15-18H2,1-2H3/b8-7+,13-10-,14-11-/t19-,20+/m0/s1. The van der Waals surface area contributed by atoms with Crippen LogP contribution in [0.1, 0.15) is 71.1 Å². The number of epoxide rings is 1. The van der Waals surface area contributed by atoms with Crippen molar-refractivity contribution in [2.75, 3.05) is 7.11 Å². The summed E-state index contributed by atoms with van der Waals surface area (Å²) in [4.78, 5) is 11.0. The fraction of sp³-hybridized carbons (Fsp3) is 0.667. The molecule has 0 aliphatic carbocycles. The van der Waals surface area contributed by atoms with Crippen LogP contribution in [0.25, 0.3) is 0 Å². The Morgan fingerprint density at radius 1 is 0.917 bits per heavy atom. The number of methoxy groups -OCH3 is 1. The molecule has 1 saturated heterocycles. The molecule has 0 aromatic heterocycles. The van der Waals surface area contributed by atoms with Crippen molar-refractivity contribution >= 4 is 5.97 Å². The number of allylic oxidation sites excluding steroid dienone is 4. The van der Waals surface area contributed by atoms with E-state index in [9.17, 15) is 4.79 Å². The van der Waals surface area contributed by atoms with E-state index in [2.05, 4.69) is 48.1 Å². The van der Waals surface area contributed by atoms with E-state index in [0.29, 0.717) is 18.6 Å². The molecule has 1 fully saturated rings. The molecule has 0 bridgehead atoms. The fourth-order valence-corrected chi connectivity index (χ4v) is 2.54. The van der Waals surface area contributed by atoms with E-state index >= 15 is 0 Å². The summed E-state index contributed by atoms with van der Waals surface area (Å²) in [6.45, 7) is 2.24. The Kier molecular flexibility index (Phi) is 12.1. The van der Waals surface area contributed by atoms with Gasteiger partial charge in [-0.3, -0.25) is 4.79 Å². The summed E-state index contributed by atoms with van der Waals surface area (Å²) in [5.74, 6) is -0.128. The van der Waals surface area contributed by atoms with Gasteiger partial charge in [-0.2, -0.15) is 0 Å². The van der Waals surface area contributed by atoms with Gasteiger partial charge in [-0.25, -0.2) is 0 Å². The first-order valence-corrected chi connectivity index (χ1v) is 9.45. The Morgan fingerprint density at radius 3 is 2.25 bits per heavy atom. The molecule has 0 spiro atoms. The number of rotatable bonds is 14. The van der Waals surface area contributed by atoms with E-state index < -0.39 is 0 Å². The maximum atomic E-state index is 11.0. The first-order valence-electron chi connectivity index (χ1n) is 9.45. The lowest BCUT2D eigenvalue weighted by Gasteiger charge is -1.95. The monoisotopic (exact) mass is 334 g/mol. The predicted molar refractivity (Wildman–Crippen MR) is 99.9 cm³/mol. The summed E-state index contributed by atoms with van der Waals surface area (Å²) in [7, 11) is 1.43. The molecular weight excluding hydrogens is 300 g/mol. The summed E-state index contributed by atoms with van der Waals surface area (Å²) in [5.41, 5.74) is 0. The van der Waals surface area contributed by atoms with Crippen LogP contribution in [0.4, 0.5) is 0 Å². The molecule has 1 rings (SSSR count). The largest absolute Gasteiger partial charge is 0.469 e. The van der Waals surface area contributed by atoms with Gasteiger partial charge in [0.15, 0.2) is 0 Å². The second-order valence-electron chi connectivity index (χ2n) is 6.30. The van der Waals surface area contributed by atoms with Crippen molar-refractivity contribution in [1.29, 1.82) is 0 Å². The van der Waals surface area contributed by atoms with Crippen LogP contribution in [0, 0.1) is 0 Å². The maximum absolute atomic E-state index is 11.0. The van der Waals surface area contributed by atoms with Crippen molar-refractivity contribution in [1.82, 2.24) is 0 Å². The van der Waals surface area contributed by atoms with Gasteiger partial charge >= 0.3 is 5.97 Å². The number of unbranched alkanes of at least 4 members (excludes halogenated alkanes) is 4. The van der Waals surface area contributed by atoms with Gasteiger partial charge < -0.3 is 9.47 Å². The van der Waals surface area contributed by atoms with Gasteiger partial charge in [-0.15, -0.1) is 0 Å². The normalized spacial score (nSPS) is 20.4. The lowest BCUT2D eigenvalue weighted by Crippen LogP contribution is -1.98. The first kappa shape index (κ1) is 20.7. The second kappa shape index (κ2) is 14.0. The van der Waals surface area contributed by atoms with Gasteiger partial charge in [0.1, 0.15) is 0 Å². The van der Waals surface area contributed by atoms with E-state index in [1.54, 1.807) is 0 Å². The molecule has 1 aliphatic heterocycles. The van der Waals surface area contributed by atoms with Crippen molar-refractivity contribution in [3.8, 4) is 0 Å². The molecule has 136 valence electrons. The minimum Gasteiger partial charge on any atom is -0.469 e. The minimum atomic E-state index is -0.128. The van der Waals surface area contributed by atoms with E-state index in [4.69, 9.17) is 4.74 Å². The van der Waals surface area contributed by atoms with E-state index in [1.807, 2.05) is 0 Å². The molecule has 0 unspecified atom stereocenters. The first-order chi connectivity index (χ1) is 11.8. The van der Waals surface area contributed by atoms with Gasteiger partial charge in [0.05, 0.1) is 19.3 Å². The fourth-order valence-electron chi connectivity index (χ4n) is 2.54. The summed E-state index contributed by atoms with van der Waals surface area (Å²) < 4.78 is 10.3. The molecule has 3 heteroatoms.